The lowest BCUT2D eigenvalue weighted by Gasteiger charge is -2.06. The van der Waals surface area contributed by atoms with Crippen molar-refractivity contribution in [1.82, 2.24) is 9.38 Å². The van der Waals surface area contributed by atoms with E-state index in [1.807, 2.05) is 19.1 Å². The molecule has 2 heterocycles. The highest BCUT2D eigenvalue weighted by Crippen LogP contribution is 2.22. The monoisotopic (exact) mass is 368 g/mol. The number of hydrogen-bond acceptors (Lipinski definition) is 6. The Morgan fingerprint density at radius 3 is 2.78 bits per heavy atom. The van der Waals surface area contributed by atoms with Crippen molar-refractivity contribution in [3.63, 3.8) is 0 Å². The van der Waals surface area contributed by atoms with Crippen molar-refractivity contribution in [2.75, 3.05) is 11.9 Å². The summed E-state index contributed by atoms with van der Waals surface area (Å²) < 4.78 is 6.64. The van der Waals surface area contributed by atoms with Crippen LogP contribution in [0.25, 0.3) is 5.65 Å². The van der Waals surface area contributed by atoms with E-state index in [-0.39, 0.29) is 17.1 Å². The van der Waals surface area contributed by atoms with Crippen molar-refractivity contribution < 1.29 is 19.2 Å². The van der Waals surface area contributed by atoms with Crippen LogP contribution in [0.15, 0.2) is 42.7 Å². The number of anilines is 1. The van der Waals surface area contributed by atoms with Gasteiger partial charge in [-0.3, -0.25) is 14.9 Å². The van der Waals surface area contributed by atoms with Crippen molar-refractivity contribution in [3.05, 3.63) is 69.7 Å². The number of nitrogens with one attached hydrogen (secondary N) is 1. The van der Waals surface area contributed by atoms with Gasteiger partial charge >= 0.3 is 5.97 Å². The largest absolute Gasteiger partial charge is 0.451 e. The third kappa shape index (κ3) is 4.09. The predicted octanol–water partition coefficient (Wildman–Crippen LogP) is 2.65. The lowest BCUT2D eigenvalue weighted by Crippen LogP contribution is -2.21. The topological polar surface area (TPSA) is 116 Å². The lowest BCUT2D eigenvalue weighted by molar-refractivity contribution is -0.385. The summed E-state index contributed by atoms with van der Waals surface area (Å²) in [5, 5.41) is 13.4. The maximum Gasteiger partial charge on any atom is 0.359 e. The molecule has 0 saturated carbocycles. The minimum atomic E-state index is -0.735. The third-order valence-corrected chi connectivity index (χ3v) is 3.85. The molecule has 1 amide bonds. The molecule has 27 heavy (non-hydrogen) atoms. The predicted molar refractivity (Wildman–Crippen MR) is 96.7 cm³/mol. The molecule has 1 N–H and O–H groups in total. The fourth-order valence-electron chi connectivity index (χ4n) is 2.47. The van der Waals surface area contributed by atoms with Gasteiger partial charge in [0.2, 0.25) is 0 Å². The van der Waals surface area contributed by atoms with Crippen molar-refractivity contribution in [1.29, 1.82) is 0 Å². The number of benzene rings is 1. The number of carbonyl (C=O) groups excluding carboxylic acids is 2. The Balaban J connectivity index is 1.62. The second kappa shape index (κ2) is 7.24. The van der Waals surface area contributed by atoms with Crippen LogP contribution in [-0.2, 0) is 9.53 Å². The number of aryl methyl sites for hydroxylation is 2. The quantitative estimate of drug-likeness (QED) is 0.420. The molecular formula is C18H16N4O5. The van der Waals surface area contributed by atoms with Crippen molar-refractivity contribution >= 4 is 28.9 Å². The summed E-state index contributed by atoms with van der Waals surface area (Å²) >= 11 is 0. The van der Waals surface area contributed by atoms with E-state index in [0.29, 0.717) is 11.2 Å². The molecule has 3 rings (SSSR count). The zero-order valence-electron chi connectivity index (χ0n) is 14.6. The van der Waals surface area contributed by atoms with Gasteiger partial charge < -0.3 is 14.5 Å². The molecule has 9 heteroatoms. The van der Waals surface area contributed by atoms with Gasteiger partial charge in [-0.15, -0.1) is 0 Å². The number of aromatic nitrogens is 2. The number of nitro benzene ring substituents is 1. The number of hydrogen-bond donors (Lipinski definition) is 1. The highest BCUT2D eigenvalue weighted by molar-refractivity contribution is 5.95. The van der Waals surface area contributed by atoms with Gasteiger partial charge in [0.25, 0.3) is 11.6 Å². The second-order valence-corrected chi connectivity index (χ2v) is 5.98. The summed E-state index contributed by atoms with van der Waals surface area (Å²) in [5.41, 5.74) is 2.30. The Morgan fingerprint density at radius 1 is 1.26 bits per heavy atom. The number of rotatable bonds is 5. The minimum absolute atomic E-state index is 0.0828. The van der Waals surface area contributed by atoms with E-state index in [1.165, 1.54) is 24.4 Å². The maximum atomic E-state index is 12.1. The molecule has 0 aliphatic rings. The highest BCUT2D eigenvalue weighted by Gasteiger charge is 2.16. The molecule has 0 aliphatic heterocycles. The summed E-state index contributed by atoms with van der Waals surface area (Å²) in [4.78, 5) is 38.6. The third-order valence-electron chi connectivity index (χ3n) is 3.85. The number of ether oxygens (including phenoxy) is 1. The molecule has 2 aromatic heterocycles. The van der Waals surface area contributed by atoms with Crippen LogP contribution >= 0.6 is 0 Å². The van der Waals surface area contributed by atoms with Gasteiger partial charge in [-0.25, -0.2) is 9.78 Å². The van der Waals surface area contributed by atoms with Gasteiger partial charge in [0.1, 0.15) is 5.65 Å². The first-order valence-corrected chi connectivity index (χ1v) is 8.01. The summed E-state index contributed by atoms with van der Waals surface area (Å²) in [5.74, 6) is -1.34. The van der Waals surface area contributed by atoms with Gasteiger partial charge in [-0.05, 0) is 37.6 Å². The first-order chi connectivity index (χ1) is 12.8. The van der Waals surface area contributed by atoms with Crippen LogP contribution in [0.1, 0.15) is 21.6 Å². The molecule has 0 bridgehead atoms. The van der Waals surface area contributed by atoms with Crippen molar-refractivity contribution in [2.45, 2.75) is 13.8 Å². The zero-order chi connectivity index (χ0) is 19.6. The fraction of sp³-hybridized carbons (Fsp3) is 0.167. The number of pyridine rings is 1. The molecular weight excluding hydrogens is 352 g/mol. The second-order valence-electron chi connectivity index (χ2n) is 5.98. The normalized spacial score (nSPS) is 10.6. The molecule has 0 aliphatic carbocycles. The SMILES string of the molecule is Cc1ccn2cc(C(=O)OCC(=O)Nc3ccc(C)c([N+](=O)[O-])c3)nc2c1. The van der Waals surface area contributed by atoms with Crippen LogP contribution in [0, 0.1) is 24.0 Å². The Kier molecular flexibility index (Phi) is 4.84. The number of amides is 1. The van der Waals surface area contributed by atoms with Crippen LogP contribution in [0.3, 0.4) is 0 Å². The summed E-state index contributed by atoms with van der Waals surface area (Å²) in [6.07, 6.45) is 3.28. The van der Waals surface area contributed by atoms with Crippen LogP contribution < -0.4 is 5.32 Å². The molecule has 0 atom stereocenters. The molecule has 138 valence electrons. The van der Waals surface area contributed by atoms with Crippen molar-refractivity contribution in [3.8, 4) is 0 Å². The van der Waals surface area contributed by atoms with Crippen LogP contribution in [0.5, 0.6) is 0 Å². The number of fused-ring (bicyclic) bond motifs is 1. The molecule has 0 radical (unpaired) electrons. The number of nitrogens with zero attached hydrogens (tertiary/aromatic N) is 3. The summed E-state index contributed by atoms with van der Waals surface area (Å²) in [6, 6.07) is 8.00. The van der Waals surface area contributed by atoms with E-state index >= 15 is 0 Å². The standard InChI is InChI=1S/C18H16N4O5/c1-11-5-6-21-9-14(20-16(21)7-11)18(24)27-10-17(23)19-13-4-3-12(2)15(8-13)22(25)26/h3-9H,10H2,1-2H3,(H,19,23). The van der Waals surface area contributed by atoms with Crippen LogP contribution in [0.4, 0.5) is 11.4 Å². The minimum Gasteiger partial charge on any atom is -0.451 e. The van der Waals surface area contributed by atoms with Gasteiger partial charge in [-0.2, -0.15) is 0 Å². The van der Waals surface area contributed by atoms with Crippen LogP contribution in [-0.4, -0.2) is 32.8 Å². The van der Waals surface area contributed by atoms with Gasteiger partial charge in [0.05, 0.1) is 4.92 Å². The Bertz CT molecular complexity index is 1060. The van der Waals surface area contributed by atoms with Gasteiger partial charge in [-0.1, -0.05) is 6.07 Å². The Hall–Kier alpha value is -3.75. The number of nitro groups is 1. The fourth-order valence-corrected chi connectivity index (χ4v) is 2.47. The first kappa shape index (κ1) is 18.1. The van der Waals surface area contributed by atoms with Crippen molar-refractivity contribution in [2.24, 2.45) is 0 Å². The molecule has 3 aromatic rings. The summed E-state index contributed by atoms with van der Waals surface area (Å²) in [7, 11) is 0. The number of esters is 1. The van der Waals surface area contributed by atoms with E-state index in [1.54, 1.807) is 17.5 Å². The summed E-state index contributed by atoms with van der Waals surface area (Å²) in [6.45, 7) is 2.97. The average Bonchev–Trinajstić information content (AvgIpc) is 3.04. The van der Waals surface area contributed by atoms with E-state index in [9.17, 15) is 19.7 Å². The van der Waals surface area contributed by atoms with Gasteiger partial charge in [0.15, 0.2) is 12.3 Å². The first-order valence-electron chi connectivity index (χ1n) is 8.01. The Morgan fingerprint density at radius 2 is 2.04 bits per heavy atom. The smallest absolute Gasteiger partial charge is 0.359 e. The number of carbonyl (C=O) groups is 2. The molecule has 0 spiro atoms. The van der Waals surface area contributed by atoms with Crippen LogP contribution in [0.2, 0.25) is 0 Å². The van der Waals surface area contributed by atoms with E-state index in [0.717, 1.165) is 5.56 Å². The average molecular weight is 368 g/mol. The molecule has 1 aromatic carbocycles. The van der Waals surface area contributed by atoms with E-state index in [4.69, 9.17) is 4.74 Å². The van der Waals surface area contributed by atoms with E-state index < -0.39 is 23.4 Å². The molecule has 9 nitrogen and oxygen atoms in total. The lowest BCUT2D eigenvalue weighted by atomic mass is 10.2. The maximum absolute atomic E-state index is 12.1. The van der Waals surface area contributed by atoms with Gasteiger partial charge in [0, 0.05) is 29.7 Å². The molecule has 0 saturated heterocycles. The highest BCUT2D eigenvalue weighted by atomic mass is 16.6. The Labute approximate surface area is 153 Å². The zero-order valence-corrected chi connectivity index (χ0v) is 14.6. The number of imidazole rings is 1. The molecule has 0 unspecified atom stereocenters. The van der Waals surface area contributed by atoms with E-state index in [2.05, 4.69) is 10.3 Å². The molecule has 0 fully saturated rings.